The molecule has 0 saturated carbocycles. The molecule has 1 aromatic rings. The Hall–Kier alpha value is -0.910. The van der Waals surface area contributed by atoms with Crippen LogP contribution in [-0.4, -0.2) is 51.0 Å². The van der Waals surface area contributed by atoms with Crippen LogP contribution in [0.4, 0.5) is 0 Å². The Bertz CT molecular complexity index is 544. The van der Waals surface area contributed by atoms with Crippen molar-refractivity contribution in [2.45, 2.75) is 25.4 Å². The van der Waals surface area contributed by atoms with Crippen LogP contribution >= 0.6 is 0 Å². The van der Waals surface area contributed by atoms with Gasteiger partial charge in [0.15, 0.2) is 0 Å². The first-order valence-electron chi connectivity index (χ1n) is 7.03. The largest absolute Gasteiger partial charge is 0.311 e. The molecule has 0 radical (unpaired) electrons. The van der Waals surface area contributed by atoms with E-state index < -0.39 is 9.84 Å². The van der Waals surface area contributed by atoms with E-state index >= 15 is 0 Å². The zero-order chi connectivity index (χ0) is 14.8. The van der Waals surface area contributed by atoms with E-state index in [-0.39, 0.29) is 11.3 Å². The van der Waals surface area contributed by atoms with Crippen LogP contribution < -0.4 is 5.32 Å². The predicted molar refractivity (Wildman–Crippen MR) is 82.5 cm³/mol. The number of piperazine rings is 1. The van der Waals surface area contributed by atoms with E-state index in [2.05, 4.69) is 36.2 Å². The van der Waals surface area contributed by atoms with Crippen molar-refractivity contribution in [2.75, 3.05) is 31.6 Å². The van der Waals surface area contributed by atoms with E-state index in [4.69, 9.17) is 0 Å². The summed E-state index contributed by atoms with van der Waals surface area (Å²) in [4.78, 5) is 2.30. The molecule has 1 heterocycles. The number of sulfone groups is 1. The molecule has 20 heavy (non-hydrogen) atoms. The summed E-state index contributed by atoms with van der Waals surface area (Å²) < 4.78 is 22.9. The Kier molecular flexibility index (Phi) is 4.52. The molecule has 1 saturated heterocycles. The average molecular weight is 296 g/mol. The van der Waals surface area contributed by atoms with Crippen LogP contribution in [0, 0.1) is 0 Å². The molecular weight excluding hydrogens is 272 g/mol. The molecule has 4 nitrogen and oxygen atoms in total. The van der Waals surface area contributed by atoms with E-state index in [1.54, 1.807) is 0 Å². The molecular formula is C15H24N2O2S. The van der Waals surface area contributed by atoms with Crippen LogP contribution in [0.1, 0.15) is 19.4 Å². The molecule has 1 aliphatic heterocycles. The minimum absolute atomic E-state index is 0.154. The second-order valence-corrected chi connectivity index (χ2v) is 8.26. The van der Waals surface area contributed by atoms with Crippen LogP contribution in [0.25, 0.3) is 0 Å². The molecule has 0 aliphatic carbocycles. The quantitative estimate of drug-likeness (QED) is 0.908. The topological polar surface area (TPSA) is 49.4 Å². The number of nitrogens with one attached hydrogen (secondary N) is 1. The highest BCUT2D eigenvalue weighted by Gasteiger charge is 2.37. The highest BCUT2D eigenvalue weighted by atomic mass is 32.2. The summed E-state index contributed by atoms with van der Waals surface area (Å²) in [5, 5.41) is 3.51. The molecule has 2 rings (SSSR count). The summed E-state index contributed by atoms with van der Waals surface area (Å²) in [5.41, 5.74) is 1.08. The van der Waals surface area contributed by atoms with E-state index in [0.717, 1.165) is 13.1 Å². The van der Waals surface area contributed by atoms with Gasteiger partial charge >= 0.3 is 0 Å². The molecule has 1 fully saturated rings. The Labute approximate surface area is 122 Å². The molecule has 2 unspecified atom stereocenters. The molecule has 0 spiro atoms. The number of nitrogens with zero attached hydrogens (tertiary/aromatic N) is 1. The van der Waals surface area contributed by atoms with Gasteiger partial charge in [-0.15, -0.1) is 0 Å². The molecule has 0 aromatic heterocycles. The van der Waals surface area contributed by atoms with Gasteiger partial charge in [0.2, 0.25) is 0 Å². The number of rotatable bonds is 4. The summed E-state index contributed by atoms with van der Waals surface area (Å²) in [5.74, 6) is 0.210. The third-order valence-electron chi connectivity index (χ3n) is 4.11. The summed E-state index contributed by atoms with van der Waals surface area (Å²) in [6.45, 7) is 6.60. The third-order valence-corrected chi connectivity index (χ3v) is 5.04. The second kappa shape index (κ2) is 5.84. The lowest BCUT2D eigenvalue weighted by atomic mass is 9.87. The van der Waals surface area contributed by atoms with Gasteiger partial charge in [-0.2, -0.15) is 0 Å². The van der Waals surface area contributed by atoms with Crippen molar-refractivity contribution in [1.29, 1.82) is 0 Å². The van der Waals surface area contributed by atoms with E-state index in [1.165, 1.54) is 11.8 Å². The fourth-order valence-electron chi connectivity index (χ4n) is 2.78. The predicted octanol–water partition coefficient (Wildman–Crippen LogP) is 1.24. The normalized spacial score (nSPS) is 28.4. The highest BCUT2D eigenvalue weighted by Crippen LogP contribution is 2.30. The molecule has 0 bridgehead atoms. The minimum atomic E-state index is -2.94. The molecule has 1 N–H and O–H groups in total. The Morgan fingerprint density at radius 1 is 1.35 bits per heavy atom. The maximum absolute atomic E-state index is 11.5. The van der Waals surface area contributed by atoms with Gasteiger partial charge in [-0.05, 0) is 19.4 Å². The molecule has 0 amide bonds. The van der Waals surface area contributed by atoms with Gasteiger partial charge in [0.25, 0.3) is 0 Å². The van der Waals surface area contributed by atoms with Gasteiger partial charge in [0.1, 0.15) is 9.84 Å². The van der Waals surface area contributed by atoms with Crippen LogP contribution in [-0.2, 0) is 15.4 Å². The third kappa shape index (κ3) is 3.59. The zero-order valence-corrected chi connectivity index (χ0v) is 13.3. The number of benzene rings is 1. The first kappa shape index (κ1) is 15.5. The van der Waals surface area contributed by atoms with Crippen molar-refractivity contribution in [2.24, 2.45) is 0 Å². The molecule has 1 aromatic carbocycles. The fraction of sp³-hybridized carbons (Fsp3) is 0.600. The lowest BCUT2D eigenvalue weighted by Crippen LogP contribution is -2.61. The van der Waals surface area contributed by atoms with Crippen molar-refractivity contribution in [1.82, 2.24) is 10.2 Å². The van der Waals surface area contributed by atoms with Crippen LogP contribution in [0.3, 0.4) is 0 Å². The fourth-order valence-corrected chi connectivity index (χ4v) is 3.33. The van der Waals surface area contributed by atoms with Crippen molar-refractivity contribution in [3.05, 3.63) is 35.9 Å². The Morgan fingerprint density at radius 3 is 2.60 bits per heavy atom. The van der Waals surface area contributed by atoms with Gasteiger partial charge < -0.3 is 5.32 Å². The van der Waals surface area contributed by atoms with Gasteiger partial charge in [-0.1, -0.05) is 30.3 Å². The maximum atomic E-state index is 11.5. The van der Waals surface area contributed by atoms with Gasteiger partial charge in [-0.3, -0.25) is 4.90 Å². The zero-order valence-electron chi connectivity index (χ0n) is 12.5. The molecule has 2 atom stereocenters. The van der Waals surface area contributed by atoms with Gasteiger partial charge in [0, 0.05) is 31.9 Å². The molecule has 112 valence electrons. The van der Waals surface area contributed by atoms with Crippen molar-refractivity contribution >= 4 is 9.84 Å². The summed E-state index contributed by atoms with van der Waals surface area (Å²) >= 11 is 0. The monoisotopic (exact) mass is 296 g/mol. The lowest BCUT2D eigenvalue weighted by molar-refractivity contribution is 0.0599. The summed E-state index contributed by atoms with van der Waals surface area (Å²) in [6.07, 6.45) is 1.30. The van der Waals surface area contributed by atoms with Gasteiger partial charge in [-0.25, -0.2) is 8.42 Å². The van der Waals surface area contributed by atoms with Crippen molar-refractivity contribution < 1.29 is 8.42 Å². The first-order chi connectivity index (χ1) is 9.31. The lowest BCUT2D eigenvalue weighted by Gasteiger charge is -2.48. The SMILES string of the molecule is CC1CN(CCS(C)(=O)=O)C(C)(c2ccccc2)CN1. The second-order valence-electron chi connectivity index (χ2n) is 6.00. The minimum Gasteiger partial charge on any atom is -0.311 e. The van der Waals surface area contributed by atoms with E-state index in [0.29, 0.717) is 12.6 Å². The van der Waals surface area contributed by atoms with Crippen LogP contribution in [0.2, 0.25) is 0 Å². The van der Waals surface area contributed by atoms with E-state index in [9.17, 15) is 8.42 Å². The van der Waals surface area contributed by atoms with Gasteiger partial charge in [0.05, 0.1) is 11.3 Å². The maximum Gasteiger partial charge on any atom is 0.148 e. The summed E-state index contributed by atoms with van der Waals surface area (Å²) in [7, 11) is -2.94. The van der Waals surface area contributed by atoms with Crippen LogP contribution in [0.15, 0.2) is 30.3 Å². The summed E-state index contributed by atoms with van der Waals surface area (Å²) in [6, 6.07) is 10.7. The standard InChI is InChI=1S/C15H24N2O2S/c1-13-11-17(9-10-20(3,18)19)15(2,12-16-13)14-7-5-4-6-8-14/h4-8,13,16H,9-12H2,1-3H3. The smallest absolute Gasteiger partial charge is 0.148 e. The Morgan fingerprint density at radius 2 is 2.00 bits per heavy atom. The molecule has 1 aliphatic rings. The van der Waals surface area contributed by atoms with Crippen molar-refractivity contribution in [3.8, 4) is 0 Å². The number of hydrogen-bond donors (Lipinski definition) is 1. The average Bonchev–Trinajstić information content (AvgIpc) is 2.40. The van der Waals surface area contributed by atoms with Crippen molar-refractivity contribution in [3.63, 3.8) is 0 Å². The van der Waals surface area contributed by atoms with E-state index in [1.807, 2.05) is 18.2 Å². The number of hydrogen-bond acceptors (Lipinski definition) is 4. The Balaban J connectivity index is 2.23. The first-order valence-corrected chi connectivity index (χ1v) is 9.09. The highest BCUT2D eigenvalue weighted by molar-refractivity contribution is 7.90. The molecule has 5 heteroatoms. The van der Waals surface area contributed by atoms with Crippen LogP contribution in [0.5, 0.6) is 0 Å².